The van der Waals surface area contributed by atoms with Crippen LogP contribution >= 0.6 is 12.4 Å². The fraction of sp³-hybridized carbons (Fsp3) is 0.167. The number of hydrogen-bond acceptors (Lipinski definition) is 2. The van der Waals surface area contributed by atoms with Gasteiger partial charge in [-0.3, -0.25) is 9.35 Å². The molecule has 0 aliphatic heterocycles. The normalized spacial score (nSPS) is 11.1. The molecule has 1 atom stereocenters. The van der Waals surface area contributed by atoms with Gasteiger partial charge in [-0.2, -0.15) is 0 Å². The van der Waals surface area contributed by atoms with E-state index >= 15 is 0 Å². The highest BCUT2D eigenvalue weighted by molar-refractivity contribution is 7.76. The van der Waals surface area contributed by atoms with Crippen LogP contribution in [0.15, 0.2) is 36.4 Å². The van der Waals surface area contributed by atoms with E-state index in [4.69, 9.17) is 8.76 Å². The van der Waals surface area contributed by atoms with Crippen molar-refractivity contribution >= 4 is 34.4 Å². The van der Waals surface area contributed by atoms with Gasteiger partial charge in [-0.25, -0.2) is 0 Å². The maximum absolute atomic E-state index is 8.78. The first-order valence-corrected chi connectivity index (χ1v) is 5.95. The van der Waals surface area contributed by atoms with Crippen LogP contribution in [0.25, 0.3) is 10.8 Å². The van der Waals surface area contributed by atoms with Crippen molar-refractivity contribution in [2.75, 3.05) is 0 Å². The Hall–Kier alpha value is -0.940. The van der Waals surface area contributed by atoms with E-state index in [2.05, 4.69) is 55.4 Å². The van der Waals surface area contributed by atoms with Gasteiger partial charge in [-0.1, -0.05) is 36.4 Å². The van der Waals surface area contributed by atoms with Crippen molar-refractivity contribution in [1.29, 1.82) is 0 Å². The number of hydrogen-bond donors (Lipinski definition) is 1. The fourth-order valence-electron chi connectivity index (χ4n) is 1.54. The first kappa shape index (κ1) is 16.1. The Bertz CT molecular complexity index is 513. The molecule has 1 unspecified atom stereocenters. The minimum absolute atomic E-state index is 0. The van der Waals surface area contributed by atoms with Crippen molar-refractivity contribution in [3.05, 3.63) is 47.5 Å². The van der Waals surface area contributed by atoms with Crippen LogP contribution in [0.1, 0.15) is 11.1 Å². The van der Waals surface area contributed by atoms with E-state index in [1.54, 1.807) is 0 Å². The molecule has 0 radical (unpaired) electrons. The van der Waals surface area contributed by atoms with Gasteiger partial charge in [-0.15, -0.1) is 12.4 Å². The van der Waals surface area contributed by atoms with Gasteiger partial charge in [0.15, 0.2) is 0 Å². The zero-order chi connectivity index (χ0) is 12.1. The molecule has 0 aromatic heterocycles. The van der Waals surface area contributed by atoms with Crippen LogP contribution in [0.5, 0.6) is 0 Å². The predicted molar refractivity (Wildman–Crippen MR) is 73.8 cm³/mol. The number of halogens is 1. The molecule has 0 saturated carbocycles. The summed E-state index contributed by atoms with van der Waals surface area (Å²) in [5.74, 6) is 0. The lowest BCUT2D eigenvalue weighted by atomic mass is 10.0. The van der Waals surface area contributed by atoms with Crippen molar-refractivity contribution in [1.82, 2.24) is 0 Å². The largest absolute Gasteiger partial charge is 0.760 e. The second kappa shape index (κ2) is 7.40. The lowest BCUT2D eigenvalue weighted by Crippen LogP contribution is -1.97. The minimum Gasteiger partial charge on any atom is -0.760 e. The topological polar surface area (TPSA) is 66.2 Å². The zero-order valence-corrected chi connectivity index (χ0v) is 11.3. The number of fused-ring (bicyclic) bond motifs is 1. The molecule has 0 amide bonds. The average molecular weight is 273 g/mol. The van der Waals surface area contributed by atoms with Crippen molar-refractivity contribution in [3.63, 3.8) is 0 Å². The maximum atomic E-state index is 8.78. The van der Waals surface area contributed by atoms with Crippen LogP contribution in [0, 0.1) is 13.8 Å². The molecular weight excluding hydrogens is 258 g/mol. The number of benzene rings is 2. The average Bonchev–Trinajstić information content (AvgIpc) is 2.23. The first-order valence-electron chi connectivity index (χ1n) is 4.81. The standard InChI is InChI=1S/C12H12.ClH.H3NO2S/c1-9-7-8-11-5-3-4-6-12(11)10(9)2;;1-4(2)3/h3-8H,1-2H3;1H;1H2,(H,2,3)/p-1. The second-order valence-electron chi connectivity index (χ2n) is 3.49. The Morgan fingerprint density at radius 3 is 2.24 bits per heavy atom. The van der Waals surface area contributed by atoms with Gasteiger partial charge < -0.3 is 4.55 Å². The van der Waals surface area contributed by atoms with E-state index in [0.717, 1.165) is 0 Å². The summed E-state index contributed by atoms with van der Waals surface area (Å²) in [6, 6.07) is 12.9. The van der Waals surface area contributed by atoms with Crippen LogP contribution in [0.3, 0.4) is 0 Å². The molecule has 3 nitrogen and oxygen atoms in total. The highest BCUT2D eigenvalue weighted by Gasteiger charge is 1.97. The molecular formula is C12H15ClNO2S-. The number of rotatable bonds is 0. The summed E-state index contributed by atoms with van der Waals surface area (Å²) in [6.45, 7) is 4.33. The van der Waals surface area contributed by atoms with Gasteiger partial charge in [-0.05, 0) is 35.7 Å². The Morgan fingerprint density at radius 2 is 1.65 bits per heavy atom. The monoisotopic (exact) mass is 272 g/mol. The minimum atomic E-state index is -2.36. The molecule has 5 heteroatoms. The van der Waals surface area contributed by atoms with Crippen LogP contribution in [0.4, 0.5) is 0 Å². The van der Waals surface area contributed by atoms with Crippen LogP contribution in [-0.4, -0.2) is 8.76 Å². The van der Waals surface area contributed by atoms with E-state index in [-0.39, 0.29) is 12.4 Å². The van der Waals surface area contributed by atoms with Crippen LogP contribution in [0.2, 0.25) is 0 Å². The third-order valence-corrected chi connectivity index (χ3v) is 2.47. The quantitative estimate of drug-likeness (QED) is 0.749. The molecule has 0 fully saturated rings. The fourth-order valence-corrected chi connectivity index (χ4v) is 1.54. The van der Waals surface area contributed by atoms with E-state index in [9.17, 15) is 0 Å². The van der Waals surface area contributed by atoms with E-state index in [1.165, 1.54) is 21.9 Å². The maximum Gasteiger partial charge on any atom is 0.0152 e. The Balaban J connectivity index is 0.000000453. The van der Waals surface area contributed by atoms with Crippen molar-refractivity contribution < 1.29 is 8.76 Å². The van der Waals surface area contributed by atoms with Gasteiger partial charge in [0.2, 0.25) is 0 Å². The van der Waals surface area contributed by atoms with Gasteiger partial charge in [0.1, 0.15) is 0 Å². The molecule has 0 saturated heterocycles. The molecule has 0 heterocycles. The smallest absolute Gasteiger partial charge is 0.0152 e. The van der Waals surface area contributed by atoms with Crippen LogP contribution in [-0.2, 0) is 11.3 Å². The summed E-state index contributed by atoms with van der Waals surface area (Å²) < 4.78 is 17.6. The number of nitrogens with two attached hydrogens (primary N) is 1. The molecule has 0 spiro atoms. The Kier molecular flexibility index (Phi) is 6.99. The summed E-state index contributed by atoms with van der Waals surface area (Å²) in [5.41, 5.74) is 2.77. The molecule has 94 valence electrons. The van der Waals surface area contributed by atoms with E-state index < -0.39 is 11.3 Å². The third kappa shape index (κ3) is 4.83. The Morgan fingerprint density at radius 1 is 1.12 bits per heavy atom. The van der Waals surface area contributed by atoms with Crippen molar-refractivity contribution in [2.45, 2.75) is 13.8 Å². The lowest BCUT2D eigenvalue weighted by Gasteiger charge is -2.04. The summed E-state index contributed by atoms with van der Waals surface area (Å²) in [4.78, 5) is 0. The first-order chi connectivity index (χ1) is 7.52. The zero-order valence-electron chi connectivity index (χ0n) is 9.67. The summed E-state index contributed by atoms with van der Waals surface area (Å²) >= 11 is -2.36. The van der Waals surface area contributed by atoms with Crippen LogP contribution < -0.4 is 5.14 Å². The van der Waals surface area contributed by atoms with Crippen molar-refractivity contribution in [3.8, 4) is 0 Å². The molecule has 2 aromatic carbocycles. The third-order valence-electron chi connectivity index (χ3n) is 2.47. The molecule has 2 aromatic rings. The van der Waals surface area contributed by atoms with Gasteiger partial charge >= 0.3 is 0 Å². The van der Waals surface area contributed by atoms with Gasteiger partial charge in [0.05, 0.1) is 0 Å². The molecule has 2 rings (SSSR count). The van der Waals surface area contributed by atoms with Gasteiger partial charge in [0.25, 0.3) is 0 Å². The van der Waals surface area contributed by atoms with Gasteiger partial charge in [0, 0.05) is 11.3 Å². The highest BCUT2D eigenvalue weighted by atomic mass is 35.5. The Labute approximate surface area is 110 Å². The summed E-state index contributed by atoms with van der Waals surface area (Å²) in [7, 11) is 0. The predicted octanol–water partition coefficient (Wildman–Crippen LogP) is 2.62. The molecule has 0 bridgehead atoms. The summed E-state index contributed by atoms with van der Waals surface area (Å²) in [6.07, 6.45) is 0. The molecule has 0 aliphatic carbocycles. The van der Waals surface area contributed by atoms with E-state index in [1.807, 2.05) is 0 Å². The summed E-state index contributed by atoms with van der Waals surface area (Å²) in [5, 5.41) is 6.73. The molecule has 0 aliphatic rings. The SMILES string of the molecule is Cc1ccc2ccccc2c1C.Cl.NS(=O)[O-]. The second-order valence-corrected chi connectivity index (χ2v) is 4.01. The lowest BCUT2D eigenvalue weighted by molar-refractivity contribution is 0.539. The highest BCUT2D eigenvalue weighted by Crippen LogP contribution is 2.20. The molecule has 17 heavy (non-hydrogen) atoms. The number of aryl methyl sites for hydroxylation is 2. The van der Waals surface area contributed by atoms with E-state index in [0.29, 0.717) is 0 Å². The molecule has 2 N–H and O–H groups in total. The van der Waals surface area contributed by atoms with Crippen molar-refractivity contribution in [2.24, 2.45) is 5.14 Å².